The topological polar surface area (TPSA) is 20.2 Å². The molecule has 1 N–H and O–H groups in total. The molecule has 3 saturated carbocycles. The van der Waals surface area contributed by atoms with Gasteiger partial charge in [-0.05, 0) is 97.2 Å². The minimum atomic E-state index is -0.166. The molecule has 4 aliphatic rings. The zero-order valence-corrected chi connectivity index (χ0v) is 20.5. The van der Waals surface area contributed by atoms with Gasteiger partial charge in [0, 0.05) is 0 Å². The fraction of sp³-hybridized carbons (Fsp3) is 0.862. The zero-order valence-electron chi connectivity index (χ0n) is 20.5. The molecular weight excluding hydrogens is 364 g/mol. The molecule has 0 spiro atoms. The van der Waals surface area contributed by atoms with Crippen LogP contribution in [0.3, 0.4) is 0 Å². The normalized spacial score (nSPS) is 46.6. The molecule has 0 aliphatic heterocycles. The Morgan fingerprint density at radius 2 is 1.90 bits per heavy atom. The second-order valence-corrected chi connectivity index (χ2v) is 12.6. The molecule has 0 aromatic heterocycles. The van der Waals surface area contributed by atoms with Crippen LogP contribution in [-0.2, 0) is 0 Å². The van der Waals surface area contributed by atoms with Crippen molar-refractivity contribution >= 4 is 0 Å². The molecule has 0 aromatic rings. The Hall–Kier alpha value is -0.560. The van der Waals surface area contributed by atoms with Crippen LogP contribution < -0.4 is 0 Å². The van der Waals surface area contributed by atoms with Gasteiger partial charge in [0.2, 0.25) is 0 Å². The number of hydrogen-bond acceptors (Lipinski definition) is 1. The van der Waals surface area contributed by atoms with Crippen molar-refractivity contribution in [2.45, 2.75) is 105 Å². The summed E-state index contributed by atoms with van der Waals surface area (Å²) < 4.78 is 0. The molecule has 1 nitrogen and oxygen atoms in total. The highest BCUT2D eigenvalue weighted by Crippen LogP contribution is 2.68. The maximum atomic E-state index is 10.5. The lowest BCUT2D eigenvalue weighted by atomic mass is 9.45. The van der Waals surface area contributed by atoms with Crippen molar-refractivity contribution in [3.63, 3.8) is 0 Å². The van der Waals surface area contributed by atoms with Crippen LogP contribution in [0.2, 0.25) is 0 Å². The van der Waals surface area contributed by atoms with E-state index in [1.807, 2.05) is 0 Å². The minimum absolute atomic E-state index is 0.166. The molecule has 3 fully saturated rings. The third-order valence-electron chi connectivity index (χ3n) is 10.8. The van der Waals surface area contributed by atoms with Gasteiger partial charge in [-0.3, -0.25) is 0 Å². The van der Waals surface area contributed by atoms with Crippen molar-refractivity contribution < 1.29 is 5.11 Å². The van der Waals surface area contributed by atoms with E-state index in [0.717, 1.165) is 48.3 Å². The molecule has 0 heterocycles. The van der Waals surface area contributed by atoms with Crippen molar-refractivity contribution in [3.05, 3.63) is 24.3 Å². The summed E-state index contributed by atoms with van der Waals surface area (Å²) in [4.78, 5) is 0. The monoisotopic (exact) mass is 412 g/mol. The smallest absolute Gasteiger partial charge is 0.0583 e. The molecule has 0 bridgehead atoms. The molecule has 0 aromatic carbocycles. The van der Waals surface area contributed by atoms with Gasteiger partial charge in [0.15, 0.2) is 0 Å². The maximum Gasteiger partial charge on any atom is 0.0583 e. The Morgan fingerprint density at radius 3 is 2.60 bits per heavy atom. The minimum Gasteiger partial charge on any atom is -0.393 e. The van der Waals surface area contributed by atoms with E-state index in [1.54, 1.807) is 5.57 Å². The van der Waals surface area contributed by atoms with Crippen LogP contribution in [0.25, 0.3) is 0 Å². The zero-order chi connectivity index (χ0) is 21.7. The molecule has 30 heavy (non-hydrogen) atoms. The number of hydrogen-bond donors (Lipinski definition) is 1. The van der Waals surface area contributed by atoms with Crippen molar-refractivity contribution in [3.8, 4) is 0 Å². The van der Waals surface area contributed by atoms with E-state index in [-0.39, 0.29) is 11.5 Å². The Kier molecular flexibility index (Phi) is 6.35. The van der Waals surface area contributed by atoms with E-state index in [4.69, 9.17) is 0 Å². The second-order valence-electron chi connectivity index (χ2n) is 12.6. The second kappa shape index (κ2) is 8.42. The third-order valence-corrected chi connectivity index (χ3v) is 10.8. The van der Waals surface area contributed by atoms with Crippen molar-refractivity contribution in [2.75, 3.05) is 0 Å². The van der Waals surface area contributed by atoms with Crippen LogP contribution >= 0.6 is 0 Å². The summed E-state index contributed by atoms with van der Waals surface area (Å²) in [5.41, 5.74) is 2.36. The first-order valence-electron chi connectivity index (χ1n) is 13.2. The van der Waals surface area contributed by atoms with Gasteiger partial charge >= 0.3 is 0 Å². The van der Waals surface area contributed by atoms with Gasteiger partial charge in [0.05, 0.1) is 6.10 Å². The molecule has 4 aliphatic carbocycles. The van der Waals surface area contributed by atoms with E-state index in [2.05, 4.69) is 53.3 Å². The predicted molar refractivity (Wildman–Crippen MR) is 128 cm³/mol. The van der Waals surface area contributed by atoms with Gasteiger partial charge in [-0.1, -0.05) is 71.6 Å². The van der Waals surface area contributed by atoms with Crippen molar-refractivity contribution in [1.29, 1.82) is 0 Å². The van der Waals surface area contributed by atoms with Gasteiger partial charge in [-0.15, -0.1) is 6.58 Å². The standard InChI is InChI=1S/C29H48O/c1-7-21-17-23(30)18-22-11-12-24-26-14-13-25(20(4)10-8-9-19(2)3)28(26,5)16-15-27(24)29(21,22)6/h7,11,19-21,23-27,30H,1,8-10,12-18H2,2-6H3/t20-,21?,23+,24+,25-,26+,27+,28-,29+/m1/s1. The number of fused-ring (bicyclic) bond motifs is 5. The van der Waals surface area contributed by atoms with Gasteiger partial charge in [-0.2, -0.15) is 0 Å². The lowest BCUT2D eigenvalue weighted by molar-refractivity contribution is -0.0706. The van der Waals surface area contributed by atoms with Gasteiger partial charge < -0.3 is 5.11 Å². The number of aliphatic hydroxyl groups is 1. The largest absolute Gasteiger partial charge is 0.393 e. The summed E-state index contributed by atoms with van der Waals surface area (Å²) in [6.07, 6.45) is 17.6. The molecule has 170 valence electrons. The SMILES string of the molecule is C=CC1C[C@H](O)CC2=CC[C@H]3[C@@H]4CC[C@H]([C@H](C)CCCC(C)C)[C@@]4(C)CC[C@@H]3[C@]21C. The maximum absolute atomic E-state index is 10.5. The highest BCUT2D eigenvalue weighted by molar-refractivity contribution is 5.28. The summed E-state index contributed by atoms with van der Waals surface area (Å²) in [6.45, 7) is 16.7. The highest BCUT2D eigenvalue weighted by atomic mass is 16.3. The summed E-state index contributed by atoms with van der Waals surface area (Å²) in [5, 5.41) is 10.5. The van der Waals surface area contributed by atoms with E-state index in [0.29, 0.717) is 11.3 Å². The molecule has 0 saturated heterocycles. The van der Waals surface area contributed by atoms with Gasteiger partial charge in [0.1, 0.15) is 0 Å². The number of allylic oxidation sites excluding steroid dienone is 2. The fourth-order valence-electron chi connectivity index (χ4n) is 9.15. The van der Waals surface area contributed by atoms with Crippen molar-refractivity contribution in [1.82, 2.24) is 0 Å². The van der Waals surface area contributed by atoms with Crippen LogP contribution in [0.15, 0.2) is 24.3 Å². The van der Waals surface area contributed by atoms with Gasteiger partial charge in [-0.25, -0.2) is 0 Å². The van der Waals surface area contributed by atoms with E-state index < -0.39 is 0 Å². The highest BCUT2D eigenvalue weighted by Gasteiger charge is 2.60. The van der Waals surface area contributed by atoms with E-state index >= 15 is 0 Å². The van der Waals surface area contributed by atoms with E-state index in [9.17, 15) is 5.11 Å². The average Bonchev–Trinajstić information content (AvgIpc) is 3.05. The Labute approximate surface area is 186 Å². The molecule has 1 heteroatoms. The molecule has 4 rings (SSSR count). The summed E-state index contributed by atoms with van der Waals surface area (Å²) in [6, 6.07) is 0. The van der Waals surface area contributed by atoms with Crippen molar-refractivity contribution in [2.24, 2.45) is 52.3 Å². The predicted octanol–water partition coefficient (Wildman–Crippen LogP) is 7.80. The lowest BCUT2D eigenvalue weighted by Gasteiger charge is -2.60. The Bertz CT molecular complexity index is 661. The van der Waals surface area contributed by atoms with Gasteiger partial charge in [0.25, 0.3) is 0 Å². The summed E-state index contributed by atoms with van der Waals surface area (Å²) in [7, 11) is 0. The quantitative estimate of drug-likeness (QED) is 0.441. The average molecular weight is 413 g/mol. The fourth-order valence-corrected chi connectivity index (χ4v) is 9.15. The molecule has 0 amide bonds. The lowest BCUT2D eigenvalue weighted by Crippen LogP contribution is -2.53. The van der Waals surface area contributed by atoms with Crippen LogP contribution in [0.4, 0.5) is 0 Å². The Balaban J connectivity index is 1.54. The molecule has 9 atom stereocenters. The first-order valence-corrected chi connectivity index (χ1v) is 13.2. The Morgan fingerprint density at radius 1 is 1.13 bits per heavy atom. The van der Waals surface area contributed by atoms with Crippen LogP contribution in [0.1, 0.15) is 98.8 Å². The van der Waals surface area contributed by atoms with Crippen LogP contribution in [-0.4, -0.2) is 11.2 Å². The number of aliphatic hydroxyl groups excluding tert-OH is 1. The molecule has 1 unspecified atom stereocenters. The third kappa shape index (κ3) is 3.56. The summed E-state index contributed by atoms with van der Waals surface area (Å²) >= 11 is 0. The molecular formula is C29H48O. The molecule has 0 radical (unpaired) electrons. The first-order chi connectivity index (χ1) is 14.2. The first kappa shape index (κ1) is 22.6. The van der Waals surface area contributed by atoms with Crippen LogP contribution in [0.5, 0.6) is 0 Å². The number of rotatable bonds is 6. The summed E-state index contributed by atoms with van der Waals surface area (Å²) in [5.74, 6) is 5.64. The van der Waals surface area contributed by atoms with Crippen LogP contribution in [0, 0.1) is 52.3 Å². The van der Waals surface area contributed by atoms with E-state index in [1.165, 1.54) is 51.4 Å².